The average molecular weight is 374 g/mol. The molecule has 0 aliphatic heterocycles. The van der Waals surface area contributed by atoms with E-state index in [1.54, 1.807) is 14.2 Å². The molecule has 148 valence electrons. The van der Waals surface area contributed by atoms with Gasteiger partial charge in [-0.15, -0.1) is 0 Å². The van der Waals surface area contributed by atoms with Crippen molar-refractivity contribution in [3.8, 4) is 11.5 Å². The zero-order valence-corrected chi connectivity index (χ0v) is 16.3. The first kappa shape index (κ1) is 19.5. The quantitative estimate of drug-likeness (QED) is 0.686. The van der Waals surface area contributed by atoms with Gasteiger partial charge >= 0.3 is 0 Å². The van der Waals surface area contributed by atoms with E-state index in [1.165, 1.54) is 6.42 Å². The maximum absolute atomic E-state index is 12.6. The lowest BCUT2D eigenvalue weighted by atomic mass is 9.94. The van der Waals surface area contributed by atoms with Crippen LogP contribution in [0.15, 0.2) is 18.2 Å². The minimum Gasteiger partial charge on any atom is -0.493 e. The lowest BCUT2D eigenvalue weighted by Gasteiger charge is -2.25. The molecule has 1 aromatic rings. The number of methoxy groups -OCH3 is 2. The minimum atomic E-state index is -0.838. The van der Waals surface area contributed by atoms with E-state index in [0.29, 0.717) is 37.3 Å². The average Bonchev–Trinajstić information content (AvgIpc) is 3.50. The van der Waals surface area contributed by atoms with Crippen molar-refractivity contribution in [2.45, 2.75) is 57.4 Å². The molecule has 27 heavy (non-hydrogen) atoms. The van der Waals surface area contributed by atoms with Crippen LogP contribution in [0, 0.1) is 5.41 Å². The number of amides is 2. The molecule has 0 aromatic heterocycles. The van der Waals surface area contributed by atoms with Gasteiger partial charge in [0.05, 0.1) is 14.2 Å². The van der Waals surface area contributed by atoms with E-state index < -0.39 is 5.41 Å². The zero-order valence-electron chi connectivity index (χ0n) is 16.3. The van der Waals surface area contributed by atoms with Crippen molar-refractivity contribution in [3.05, 3.63) is 23.8 Å². The summed E-state index contributed by atoms with van der Waals surface area (Å²) in [5, 5.41) is 6.05. The highest BCUT2D eigenvalue weighted by Crippen LogP contribution is 2.46. The summed E-state index contributed by atoms with van der Waals surface area (Å²) >= 11 is 0. The standard InChI is InChI=1S/C21H30N2O4/c1-26-17-9-8-15(14-18(17)27-2)10-13-22-19(24)21(11-12-21)20(25)23-16-6-4-3-5-7-16/h8-9,14,16H,3-7,10-13H2,1-2H3,(H,22,24)(H,23,25). The molecule has 0 heterocycles. The number of ether oxygens (including phenoxy) is 2. The number of hydrogen-bond donors (Lipinski definition) is 2. The molecular formula is C21H30N2O4. The number of rotatable bonds is 8. The summed E-state index contributed by atoms with van der Waals surface area (Å²) in [6, 6.07) is 5.96. The molecule has 0 atom stereocenters. The Bertz CT molecular complexity index is 679. The van der Waals surface area contributed by atoms with Crippen LogP contribution in [0.5, 0.6) is 11.5 Å². The molecule has 0 spiro atoms. The molecule has 0 saturated heterocycles. The van der Waals surface area contributed by atoms with Crippen LogP contribution in [0.1, 0.15) is 50.5 Å². The van der Waals surface area contributed by atoms with Crippen molar-refractivity contribution in [1.82, 2.24) is 10.6 Å². The second-order valence-electron chi connectivity index (χ2n) is 7.59. The first-order valence-corrected chi connectivity index (χ1v) is 9.89. The van der Waals surface area contributed by atoms with E-state index in [2.05, 4.69) is 10.6 Å². The highest BCUT2D eigenvalue weighted by molar-refractivity contribution is 6.07. The molecule has 1 aromatic carbocycles. The number of hydrogen-bond acceptors (Lipinski definition) is 4. The predicted molar refractivity (Wildman–Crippen MR) is 103 cm³/mol. The first-order chi connectivity index (χ1) is 13.1. The third kappa shape index (κ3) is 4.54. The fourth-order valence-electron chi connectivity index (χ4n) is 3.78. The monoisotopic (exact) mass is 374 g/mol. The summed E-state index contributed by atoms with van der Waals surface area (Å²) in [5.41, 5.74) is 0.208. The van der Waals surface area contributed by atoms with Crippen LogP contribution in [0.2, 0.25) is 0 Å². The van der Waals surface area contributed by atoms with Gasteiger partial charge in [0.25, 0.3) is 0 Å². The Balaban J connectivity index is 1.49. The topological polar surface area (TPSA) is 76.7 Å². The molecule has 2 fully saturated rings. The van der Waals surface area contributed by atoms with Crippen molar-refractivity contribution in [3.63, 3.8) is 0 Å². The van der Waals surface area contributed by atoms with Gasteiger partial charge in [-0.25, -0.2) is 0 Å². The summed E-state index contributed by atoms with van der Waals surface area (Å²) in [7, 11) is 3.20. The van der Waals surface area contributed by atoms with Gasteiger partial charge in [0.1, 0.15) is 5.41 Å². The molecule has 2 aliphatic rings. The minimum absolute atomic E-state index is 0.0852. The third-order valence-corrected chi connectivity index (χ3v) is 5.71. The van der Waals surface area contributed by atoms with Crippen LogP contribution in [-0.2, 0) is 16.0 Å². The fraction of sp³-hybridized carbons (Fsp3) is 0.619. The van der Waals surface area contributed by atoms with Crippen LogP contribution in [-0.4, -0.2) is 38.6 Å². The molecule has 2 saturated carbocycles. The van der Waals surface area contributed by atoms with Crippen LogP contribution in [0.25, 0.3) is 0 Å². The smallest absolute Gasteiger partial charge is 0.235 e. The van der Waals surface area contributed by atoms with Crippen molar-refractivity contribution < 1.29 is 19.1 Å². The van der Waals surface area contributed by atoms with Gasteiger partial charge in [-0.05, 0) is 49.8 Å². The number of benzene rings is 1. The van der Waals surface area contributed by atoms with Crippen molar-refractivity contribution in [2.24, 2.45) is 5.41 Å². The van der Waals surface area contributed by atoms with E-state index in [9.17, 15) is 9.59 Å². The van der Waals surface area contributed by atoms with Crippen LogP contribution >= 0.6 is 0 Å². The molecule has 0 bridgehead atoms. The van der Waals surface area contributed by atoms with Gasteiger partial charge in [-0.3, -0.25) is 9.59 Å². The van der Waals surface area contributed by atoms with Gasteiger partial charge in [-0.1, -0.05) is 25.3 Å². The molecule has 0 radical (unpaired) electrons. The second-order valence-corrected chi connectivity index (χ2v) is 7.59. The van der Waals surface area contributed by atoms with Crippen LogP contribution in [0.4, 0.5) is 0 Å². The predicted octanol–water partition coefficient (Wildman–Crippen LogP) is 2.59. The maximum atomic E-state index is 12.6. The van der Waals surface area contributed by atoms with E-state index >= 15 is 0 Å². The molecule has 6 nitrogen and oxygen atoms in total. The number of carbonyl (C=O) groups is 2. The molecular weight excluding hydrogens is 344 g/mol. The van der Waals surface area contributed by atoms with Crippen LogP contribution < -0.4 is 20.1 Å². The lowest BCUT2D eigenvalue weighted by molar-refractivity contribution is -0.137. The Labute approximate surface area is 161 Å². The van der Waals surface area contributed by atoms with Gasteiger partial charge in [0, 0.05) is 12.6 Å². The molecule has 2 aliphatic carbocycles. The van der Waals surface area contributed by atoms with Crippen LogP contribution in [0.3, 0.4) is 0 Å². The highest BCUT2D eigenvalue weighted by Gasteiger charge is 2.56. The Morgan fingerprint density at radius 3 is 2.37 bits per heavy atom. The van der Waals surface area contributed by atoms with E-state index in [0.717, 1.165) is 31.2 Å². The van der Waals surface area contributed by atoms with Crippen molar-refractivity contribution >= 4 is 11.8 Å². The summed E-state index contributed by atoms with van der Waals surface area (Å²) < 4.78 is 10.5. The number of nitrogens with one attached hydrogen (secondary N) is 2. The lowest BCUT2D eigenvalue weighted by Crippen LogP contribution is -2.47. The SMILES string of the molecule is COc1ccc(CCNC(=O)C2(C(=O)NC3CCCCC3)CC2)cc1OC. The van der Waals surface area contributed by atoms with Crippen molar-refractivity contribution in [1.29, 1.82) is 0 Å². The molecule has 2 amide bonds. The van der Waals surface area contributed by atoms with Gasteiger partial charge in [0.15, 0.2) is 11.5 Å². The summed E-state index contributed by atoms with van der Waals surface area (Å²) in [6.07, 6.45) is 7.60. The second kappa shape index (κ2) is 8.63. The number of carbonyl (C=O) groups excluding carboxylic acids is 2. The Kier molecular flexibility index (Phi) is 6.24. The summed E-state index contributed by atoms with van der Waals surface area (Å²) in [4.78, 5) is 25.2. The van der Waals surface area contributed by atoms with E-state index in [-0.39, 0.29) is 17.9 Å². The highest BCUT2D eigenvalue weighted by atomic mass is 16.5. The largest absolute Gasteiger partial charge is 0.493 e. The molecule has 0 unspecified atom stereocenters. The third-order valence-electron chi connectivity index (χ3n) is 5.71. The Hall–Kier alpha value is -2.24. The van der Waals surface area contributed by atoms with Gasteiger partial charge < -0.3 is 20.1 Å². The molecule has 3 rings (SSSR count). The Morgan fingerprint density at radius 1 is 1.04 bits per heavy atom. The normalized spacial score (nSPS) is 18.4. The van der Waals surface area contributed by atoms with E-state index in [4.69, 9.17) is 9.47 Å². The maximum Gasteiger partial charge on any atom is 0.235 e. The van der Waals surface area contributed by atoms with Gasteiger partial charge in [0.2, 0.25) is 11.8 Å². The summed E-state index contributed by atoms with van der Waals surface area (Å²) in [6.45, 7) is 0.493. The Morgan fingerprint density at radius 2 is 1.74 bits per heavy atom. The fourth-order valence-corrected chi connectivity index (χ4v) is 3.78. The first-order valence-electron chi connectivity index (χ1n) is 9.89. The molecule has 2 N–H and O–H groups in total. The summed E-state index contributed by atoms with van der Waals surface area (Å²) in [5.74, 6) is 1.13. The zero-order chi connectivity index (χ0) is 19.3. The molecule has 6 heteroatoms. The van der Waals surface area contributed by atoms with E-state index in [1.807, 2.05) is 18.2 Å². The van der Waals surface area contributed by atoms with Crippen molar-refractivity contribution in [2.75, 3.05) is 20.8 Å². The van der Waals surface area contributed by atoms with Gasteiger partial charge in [-0.2, -0.15) is 0 Å².